The normalized spacial score (nSPS) is 12.9. The maximum Gasteiger partial charge on any atom is 0.336 e. The molecule has 2 heterocycles. The van der Waals surface area contributed by atoms with E-state index in [0.29, 0.717) is 39.6 Å². The molecule has 7 nitrogen and oxygen atoms in total. The van der Waals surface area contributed by atoms with Crippen LogP contribution in [0.3, 0.4) is 0 Å². The molecule has 0 spiro atoms. The number of carbonyl (C=O) groups is 1. The summed E-state index contributed by atoms with van der Waals surface area (Å²) in [6, 6.07) is 8.78. The molecule has 1 aliphatic rings. The number of hydrogen-bond acceptors (Lipinski definition) is 6. The number of pyridine rings is 1. The predicted octanol–water partition coefficient (Wildman–Crippen LogP) is 4.21. The fourth-order valence-corrected chi connectivity index (χ4v) is 3.88. The molecule has 29 heavy (non-hydrogen) atoms. The summed E-state index contributed by atoms with van der Waals surface area (Å²) in [5.41, 5.74) is 2.05. The molecule has 4 rings (SSSR count). The monoisotopic (exact) mass is 505 g/mol. The first-order chi connectivity index (χ1) is 14.0. The lowest BCUT2D eigenvalue weighted by molar-refractivity contribution is -0.130. The third-order valence-corrected chi connectivity index (χ3v) is 5.46. The molecule has 1 aliphatic heterocycles. The van der Waals surface area contributed by atoms with Gasteiger partial charge >= 0.3 is 5.97 Å². The Kier molecular flexibility index (Phi) is 5.18. The lowest BCUT2D eigenvalue weighted by Crippen LogP contribution is -2.03. The number of carboxylic acids is 1. The highest BCUT2D eigenvalue weighted by Gasteiger charge is 2.20. The number of carboxylic acid groups (broad SMARTS) is 1. The summed E-state index contributed by atoms with van der Waals surface area (Å²) in [5.74, 6) is 1.17. The summed E-state index contributed by atoms with van der Waals surface area (Å²) < 4.78 is 22.2. The van der Waals surface area contributed by atoms with Crippen LogP contribution in [0.5, 0.6) is 23.0 Å². The highest BCUT2D eigenvalue weighted by Crippen LogP contribution is 2.38. The molecule has 8 heteroatoms. The number of aliphatic carboxylic acids is 1. The molecule has 3 aromatic rings. The van der Waals surface area contributed by atoms with Crippen LogP contribution in [0.1, 0.15) is 11.1 Å². The van der Waals surface area contributed by atoms with Crippen molar-refractivity contribution >= 4 is 51.1 Å². The predicted molar refractivity (Wildman–Crippen MR) is 116 cm³/mol. The zero-order chi connectivity index (χ0) is 20.5. The maximum atomic E-state index is 12.1. The van der Waals surface area contributed by atoms with Crippen LogP contribution >= 0.6 is 22.6 Å². The van der Waals surface area contributed by atoms with E-state index in [-0.39, 0.29) is 12.4 Å². The number of methoxy groups -OCH3 is 2. The second kappa shape index (κ2) is 7.78. The highest BCUT2D eigenvalue weighted by atomic mass is 127. The summed E-state index contributed by atoms with van der Waals surface area (Å²) in [6.45, 7) is 0.154. The van der Waals surface area contributed by atoms with Gasteiger partial charge in [0.1, 0.15) is 0 Å². The van der Waals surface area contributed by atoms with Crippen molar-refractivity contribution in [1.82, 2.24) is 4.98 Å². The quantitative estimate of drug-likeness (QED) is 0.411. The minimum Gasteiger partial charge on any atom is -0.493 e. The topological polar surface area (TPSA) is 87.1 Å². The van der Waals surface area contributed by atoms with Gasteiger partial charge in [-0.3, -0.25) is 4.98 Å². The fourth-order valence-electron chi connectivity index (χ4n) is 3.15. The number of ether oxygens (including phenoxy) is 4. The van der Waals surface area contributed by atoms with E-state index in [9.17, 15) is 9.90 Å². The molecule has 0 amide bonds. The number of benzene rings is 2. The number of aromatic nitrogens is 1. The van der Waals surface area contributed by atoms with Crippen LogP contribution < -0.4 is 18.9 Å². The second-order valence-corrected chi connectivity index (χ2v) is 7.34. The molecule has 0 unspecified atom stereocenters. The SMILES string of the molecule is COc1cc(I)c(C(=Cc2ccnc3cc4c(cc23)OCO4)C(=O)O)cc1OC. The van der Waals surface area contributed by atoms with E-state index in [4.69, 9.17) is 18.9 Å². The minimum atomic E-state index is -1.05. The van der Waals surface area contributed by atoms with Gasteiger partial charge < -0.3 is 24.1 Å². The molecule has 2 aromatic carbocycles. The molecule has 1 aromatic heterocycles. The zero-order valence-electron chi connectivity index (χ0n) is 15.6. The maximum absolute atomic E-state index is 12.1. The minimum absolute atomic E-state index is 0.125. The van der Waals surface area contributed by atoms with Gasteiger partial charge in [0.25, 0.3) is 0 Å². The van der Waals surface area contributed by atoms with Crippen molar-refractivity contribution in [3.8, 4) is 23.0 Å². The average Bonchev–Trinajstić information content (AvgIpc) is 3.17. The largest absolute Gasteiger partial charge is 0.493 e. The van der Waals surface area contributed by atoms with Gasteiger partial charge in [0, 0.05) is 26.8 Å². The van der Waals surface area contributed by atoms with E-state index >= 15 is 0 Å². The molecule has 0 saturated heterocycles. The van der Waals surface area contributed by atoms with Gasteiger partial charge in [0.15, 0.2) is 23.0 Å². The van der Waals surface area contributed by atoms with Crippen molar-refractivity contribution < 1.29 is 28.8 Å². The van der Waals surface area contributed by atoms with Crippen molar-refractivity contribution in [3.63, 3.8) is 0 Å². The van der Waals surface area contributed by atoms with Crippen molar-refractivity contribution in [2.75, 3.05) is 21.0 Å². The summed E-state index contributed by atoms with van der Waals surface area (Å²) in [4.78, 5) is 16.5. The van der Waals surface area contributed by atoms with E-state index < -0.39 is 5.97 Å². The lowest BCUT2D eigenvalue weighted by atomic mass is 10.00. The van der Waals surface area contributed by atoms with E-state index in [2.05, 4.69) is 27.6 Å². The first-order valence-corrected chi connectivity index (χ1v) is 9.65. The standard InChI is InChI=1S/C21H16INO6/c1-26-17-7-13(15(22)8-18(17)27-2)14(21(24)25)5-11-3-4-23-16-9-20-19(6-12(11)16)28-10-29-20/h3-9H,10H2,1-2H3,(H,24,25). The van der Waals surface area contributed by atoms with E-state index in [0.717, 1.165) is 8.96 Å². The lowest BCUT2D eigenvalue weighted by Gasteiger charge is -2.13. The summed E-state index contributed by atoms with van der Waals surface area (Å²) in [5, 5.41) is 10.7. The van der Waals surface area contributed by atoms with Crippen molar-refractivity contribution in [3.05, 3.63) is 51.2 Å². The Hall–Kier alpha value is -3.01. The number of hydrogen-bond donors (Lipinski definition) is 1. The van der Waals surface area contributed by atoms with Crippen molar-refractivity contribution in [2.24, 2.45) is 0 Å². The van der Waals surface area contributed by atoms with Gasteiger partial charge in [0.05, 0.1) is 25.3 Å². The van der Waals surface area contributed by atoms with E-state index in [1.807, 2.05) is 6.07 Å². The Bertz CT molecular complexity index is 1160. The van der Waals surface area contributed by atoms with Crippen LogP contribution in [0.2, 0.25) is 0 Å². The number of rotatable bonds is 5. The second-order valence-electron chi connectivity index (χ2n) is 6.17. The number of halogens is 1. The van der Waals surface area contributed by atoms with Crippen molar-refractivity contribution in [2.45, 2.75) is 0 Å². The molecular formula is C21H16INO6. The molecule has 0 radical (unpaired) electrons. The van der Waals surface area contributed by atoms with Gasteiger partial charge in [-0.05, 0) is 58.5 Å². The Morgan fingerprint density at radius 1 is 1.14 bits per heavy atom. The molecule has 0 aliphatic carbocycles. The molecule has 0 saturated carbocycles. The van der Waals surface area contributed by atoms with Gasteiger partial charge in [-0.2, -0.15) is 0 Å². The summed E-state index contributed by atoms with van der Waals surface area (Å²) in [7, 11) is 3.05. The Labute approximate surface area is 180 Å². The number of fused-ring (bicyclic) bond motifs is 2. The summed E-state index contributed by atoms with van der Waals surface area (Å²) >= 11 is 2.09. The Morgan fingerprint density at radius 2 is 1.83 bits per heavy atom. The smallest absolute Gasteiger partial charge is 0.336 e. The van der Waals surface area contributed by atoms with Crippen LogP contribution in [0.4, 0.5) is 0 Å². The first-order valence-electron chi connectivity index (χ1n) is 8.57. The molecule has 0 fully saturated rings. The first kappa shape index (κ1) is 19.3. The van der Waals surface area contributed by atoms with Gasteiger partial charge in [-0.15, -0.1) is 0 Å². The number of nitrogens with zero attached hydrogens (tertiary/aromatic N) is 1. The average molecular weight is 505 g/mol. The third kappa shape index (κ3) is 3.55. The third-order valence-electron chi connectivity index (χ3n) is 4.56. The highest BCUT2D eigenvalue weighted by molar-refractivity contribution is 14.1. The van der Waals surface area contributed by atoms with Gasteiger partial charge in [-0.25, -0.2) is 4.79 Å². The van der Waals surface area contributed by atoms with Crippen molar-refractivity contribution in [1.29, 1.82) is 0 Å². The summed E-state index contributed by atoms with van der Waals surface area (Å²) in [6.07, 6.45) is 3.26. The molecule has 1 N–H and O–H groups in total. The van der Waals surface area contributed by atoms with Crippen LogP contribution in [-0.2, 0) is 4.79 Å². The van der Waals surface area contributed by atoms with E-state index in [1.54, 1.807) is 36.5 Å². The van der Waals surface area contributed by atoms with Gasteiger partial charge in [-0.1, -0.05) is 0 Å². The van der Waals surface area contributed by atoms with Gasteiger partial charge in [0.2, 0.25) is 6.79 Å². The van der Waals surface area contributed by atoms with Crippen LogP contribution in [0.25, 0.3) is 22.6 Å². The molecule has 0 bridgehead atoms. The Balaban J connectivity index is 1.90. The Morgan fingerprint density at radius 3 is 2.52 bits per heavy atom. The fraction of sp³-hybridized carbons (Fsp3) is 0.143. The molecule has 0 atom stereocenters. The zero-order valence-corrected chi connectivity index (χ0v) is 17.7. The van der Waals surface area contributed by atoms with Crippen LogP contribution in [0, 0.1) is 3.57 Å². The molecule has 148 valence electrons. The molecular weight excluding hydrogens is 489 g/mol. The van der Waals surface area contributed by atoms with E-state index in [1.165, 1.54) is 14.2 Å². The van der Waals surface area contributed by atoms with Crippen LogP contribution in [-0.4, -0.2) is 37.1 Å². The van der Waals surface area contributed by atoms with Crippen LogP contribution in [0.15, 0.2) is 36.5 Å².